The Bertz CT molecular complexity index is 189. The fraction of sp³-hybridized carbons (Fsp3) is 0.500. The van der Waals surface area contributed by atoms with Crippen molar-refractivity contribution in [2.45, 2.75) is 19.3 Å². The molecule has 0 spiro atoms. The van der Waals surface area contributed by atoms with Crippen LogP contribution in [-0.2, 0) is 4.79 Å². The zero-order valence-electron chi connectivity index (χ0n) is 7.83. The molecule has 0 unspecified atom stereocenters. The number of carbonyl (C=O) groups is 1. The molecule has 3 heteroatoms. The van der Waals surface area contributed by atoms with Crippen LogP contribution < -0.4 is 5.73 Å². The van der Waals surface area contributed by atoms with Crippen LogP contribution in [0.3, 0.4) is 0 Å². The zero-order chi connectivity index (χ0) is 10.3. The fourth-order valence-electron chi connectivity index (χ4n) is 1.40. The van der Waals surface area contributed by atoms with Gasteiger partial charge in [-0.2, -0.15) is 0 Å². The summed E-state index contributed by atoms with van der Waals surface area (Å²) in [5.41, 5.74) is 5.18. The van der Waals surface area contributed by atoms with Crippen LogP contribution in [0.2, 0.25) is 0 Å². The van der Waals surface area contributed by atoms with Crippen LogP contribution >= 0.6 is 0 Å². The second-order valence-electron chi connectivity index (χ2n) is 3.26. The van der Waals surface area contributed by atoms with E-state index in [9.17, 15) is 4.79 Å². The van der Waals surface area contributed by atoms with E-state index in [0.717, 1.165) is 0 Å². The van der Waals surface area contributed by atoms with Gasteiger partial charge in [0.1, 0.15) is 0 Å². The van der Waals surface area contributed by atoms with E-state index in [4.69, 9.17) is 10.8 Å². The molecule has 0 amide bonds. The Morgan fingerprint density at radius 2 is 1.85 bits per heavy atom. The van der Waals surface area contributed by atoms with Gasteiger partial charge in [-0.05, 0) is 24.8 Å². The van der Waals surface area contributed by atoms with E-state index in [1.54, 1.807) is 12.2 Å². The van der Waals surface area contributed by atoms with Gasteiger partial charge in [0.25, 0.3) is 0 Å². The fourth-order valence-corrected chi connectivity index (χ4v) is 1.40. The monoisotopic (exact) mass is 183 g/mol. The number of nitrogens with two attached hydrogens (primary N) is 1. The van der Waals surface area contributed by atoms with Crippen molar-refractivity contribution in [2.75, 3.05) is 6.54 Å². The number of aliphatic carboxylic acids is 1. The lowest BCUT2D eigenvalue weighted by molar-refractivity contribution is -0.139. The van der Waals surface area contributed by atoms with E-state index >= 15 is 0 Å². The topological polar surface area (TPSA) is 63.3 Å². The summed E-state index contributed by atoms with van der Waals surface area (Å²) in [6.07, 6.45) is 4.71. The molecule has 3 N–H and O–H groups in total. The Morgan fingerprint density at radius 3 is 2.08 bits per heavy atom. The predicted octanol–water partition coefficient (Wildman–Crippen LogP) is 1.56. The lowest BCUT2D eigenvalue weighted by Gasteiger charge is -2.28. The molecule has 13 heavy (non-hydrogen) atoms. The Hall–Kier alpha value is -1.09. The minimum Gasteiger partial charge on any atom is -0.481 e. The van der Waals surface area contributed by atoms with Crippen LogP contribution in [0.15, 0.2) is 25.3 Å². The highest BCUT2D eigenvalue weighted by atomic mass is 16.4. The SMILES string of the molecule is C=CCC(CN)(CC=C)CC(=O)O. The summed E-state index contributed by atoms with van der Waals surface area (Å²) < 4.78 is 0. The number of carboxylic acid groups (broad SMARTS) is 1. The summed E-state index contributed by atoms with van der Waals surface area (Å²) >= 11 is 0. The highest BCUT2D eigenvalue weighted by molar-refractivity contribution is 5.67. The van der Waals surface area contributed by atoms with Crippen LogP contribution in [0, 0.1) is 5.41 Å². The smallest absolute Gasteiger partial charge is 0.303 e. The van der Waals surface area contributed by atoms with Crippen LogP contribution in [0.5, 0.6) is 0 Å². The third-order valence-electron chi connectivity index (χ3n) is 2.11. The molecule has 0 rings (SSSR count). The highest BCUT2D eigenvalue weighted by Gasteiger charge is 2.28. The van der Waals surface area contributed by atoms with Gasteiger partial charge in [-0.1, -0.05) is 12.2 Å². The van der Waals surface area contributed by atoms with Crippen molar-refractivity contribution in [3.63, 3.8) is 0 Å². The molecule has 0 saturated heterocycles. The van der Waals surface area contributed by atoms with Gasteiger partial charge < -0.3 is 10.8 Å². The average molecular weight is 183 g/mol. The lowest BCUT2D eigenvalue weighted by Crippen LogP contribution is -2.32. The molecule has 0 aromatic carbocycles. The maximum Gasteiger partial charge on any atom is 0.303 e. The summed E-state index contributed by atoms with van der Waals surface area (Å²) in [5.74, 6) is -0.825. The van der Waals surface area contributed by atoms with E-state index in [2.05, 4.69) is 13.2 Å². The van der Waals surface area contributed by atoms with E-state index in [-0.39, 0.29) is 6.42 Å². The molecule has 0 aliphatic rings. The average Bonchev–Trinajstić information content (AvgIpc) is 2.04. The van der Waals surface area contributed by atoms with Gasteiger partial charge in [0, 0.05) is 0 Å². The second kappa shape index (κ2) is 5.54. The third kappa shape index (κ3) is 3.90. The van der Waals surface area contributed by atoms with Crippen molar-refractivity contribution in [1.29, 1.82) is 0 Å². The molecular weight excluding hydrogens is 166 g/mol. The quantitative estimate of drug-likeness (QED) is 0.589. The maximum absolute atomic E-state index is 10.6. The number of allylic oxidation sites excluding steroid dienone is 2. The van der Waals surface area contributed by atoms with Gasteiger partial charge in [-0.3, -0.25) is 4.79 Å². The first-order valence-electron chi connectivity index (χ1n) is 4.24. The Labute approximate surface area is 78.9 Å². The van der Waals surface area contributed by atoms with Crippen molar-refractivity contribution in [2.24, 2.45) is 11.1 Å². The van der Waals surface area contributed by atoms with Gasteiger partial charge in [-0.15, -0.1) is 13.2 Å². The molecule has 74 valence electrons. The molecular formula is C10H17NO2. The highest BCUT2D eigenvalue weighted by Crippen LogP contribution is 2.30. The van der Waals surface area contributed by atoms with E-state index in [1.807, 2.05) is 0 Å². The van der Waals surface area contributed by atoms with Crippen molar-refractivity contribution in [1.82, 2.24) is 0 Å². The zero-order valence-corrected chi connectivity index (χ0v) is 7.83. The van der Waals surface area contributed by atoms with Crippen LogP contribution in [0.1, 0.15) is 19.3 Å². The molecule has 0 aromatic rings. The summed E-state index contributed by atoms with van der Waals surface area (Å²) in [6.45, 7) is 7.55. The first kappa shape index (κ1) is 11.9. The molecule has 0 atom stereocenters. The molecule has 0 radical (unpaired) electrons. The standard InChI is InChI=1S/C10H17NO2/c1-3-5-10(8-11,6-4-2)7-9(12)13/h3-4H,1-2,5-8,11H2,(H,12,13). The Kier molecular flexibility index (Phi) is 5.07. The first-order valence-corrected chi connectivity index (χ1v) is 4.24. The van der Waals surface area contributed by atoms with Crippen LogP contribution in [0.4, 0.5) is 0 Å². The Balaban J connectivity index is 4.50. The van der Waals surface area contributed by atoms with Gasteiger partial charge in [0.05, 0.1) is 6.42 Å². The molecule has 0 aliphatic heterocycles. The lowest BCUT2D eigenvalue weighted by atomic mass is 9.78. The van der Waals surface area contributed by atoms with Gasteiger partial charge in [-0.25, -0.2) is 0 Å². The minimum atomic E-state index is -0.825. The van der Waals surface area contributed by atoms with Gasteiger partial charge in [0.15, 0.2) is 0 Å². The first-order chi connectivity index (χ1) is 6.10. The van der Waals surface area contributed by atoms with Crippen molar-refractivity contribution < 1.29 is 9.90 Å². The molecule has 0 aromatic heterocycles. The van der Waals surface area contributed by atoms with E-state index in [0.29, 0.717) is 19.4 Å². The third-order valence-corrected chi connectivity index (χ3v) is 2.11. The molecule has 0 aliphatic carbocycles. The molecule has 3 nitrogen and oxygen atoms in total. The van der Waals surface area contributed by atoms with Gasteiger partial charge >= 0.3 is 5.97 Å². The summed E-state index contributed by atoms with van der Waals surface area (Å²) in [4.78, 5) is 10.6. The largest absolute Gasteiger partial charge is 0.481 e. The second-order valence-corrected chi connectivity index (χ2v) is 3.26. The Morgan fingerprint density at radius 1 is 1.38 bits per heavy atom. The van der Waals surface area contributed by atoms with Crippen LogP contribution in [-0.4, -0.2) is 17.6 Å². The number of carboxylic acids is 1. The number of hydrogen-bond donors (Lipinski definition) is 2. The number of hydrogen-bond acceptors (Lipinski definition) is 2. The van der Waals surface area contributed by atoms with Crippen molar-refractivity contribution in [3.05, 3.63) is 25.3 Å². The van der Waals surface area contributed by atoms with Gasteiger partial charge in [0.2, 0.25) is 0 Å². The number of rotatable bonds is 7. The van der Waals surface area contributed by atoms with Crippen molar-refractivity contribution in [3.8, 4) is 0 Å². The summed E-state index contributed by atoms with van der Waals surface area (Å²) in [5, 5.41) is 8.71. The maximum atomic E-state index is 10.6. The van der Waals surface area contributed by atoms with E-state index < -0.39 is 11.4 Å². The van der Waals surface area contributed by atoms with Crippen LogP contribution in [0.25, 0.3) is 0 Å². The van der Waals surface area contributed by atoms with E-state index in [1.165, 1.54) is 0 Å². The minimum absolute atomic E-state index is 0.0710. The molecule has 0 fully saturated rings. The molecule has 0 heterocycles. The molecule has 0 saturated carbocycles. The summed E-state index contributed by atoms with van der Waals surface area (Å²) in [6, 6.07) is 0. The van der Waals surface area contributed by atoms with Crippen molar-refractivity contribution >= 4 is 5.97 Å². The normalized spacial score (nSPS) is 10.8. The molecule has 0 bridgehead atoms. The predicted molar refractivity (Wildman–Crippen MR) is 53.4 cm³/mol. The summed E-state index contributed by atoms with van der Waals surface area (Å²) in [7, 11) is 0.